The van der Waals surface area contributed by atoms with Gasteiger partial charge >= 0.3 is 0 Å². The van der Waals surface area contributed by atoms with Crippen molar-refractivity contribution in [3.8, 4) is 0 Å². The van der Waals surface area contributed by atoms with Gasteiger partial charge in [-0.15, -0.1) is 0 Å². The maximum absolute atomic E-state index is 4.64. The number of aryl methyl sites for hydroxylation is 1. The second-order valence-electron chi connectivity index (χ2n) is 6.87. The summed E-state index contributed by atoms with van der Waals surface area (Å²) < 4.78 is 2.33. The van der Waals surface area contributed by atoms with Crippen molar-refractivity contribution in [2.24, 2.45) is 10.8 Å². The molecule has 0 spiro atoms. The first-order chi connectivity index (χ1) is 7.84. The van der Waals surface area contributed by atoms with Gasteiger partial charge in [-0.25, -0.2) is 4.98 Å². The molecule has 0 saturated heterocycles. The summed E-state index contributed by atoms with van der Waals surface area (Å²) in [5.74, 6) is 1.08. The monoisotopic (exact) mass is 233 g/mol. The summed E-state index contributed by atoms with van der Waals surface area (Å²) in [4.78, 5) is 4.64. The zero-order valence-electron chi connectivity index (χ0n) is 11.5. The number of nitrogens with one attached hydrogen (secondary N) is 1. The summed E-state index contributed by atoms with van der Waals surface area (Å²) in [5, 5.41) is 3.66. The summed E-state index contributed by atoms with van der Waals surface area (Å²) in [6.07, 6.45) is 4.80. The molecule has 1 N–H and O–H groups in total. The van der Waals surface area contributed by atoms with E-state index in [0.717, 1.165) is 11.6 Å². The van der Waals surface area contributed by atoms with Crippen molar-refractivity contribution in [2.75, 3.05) is 5.32 Å². The van der Waals surface area contributed by atoms with Crippen molar-refractivity contribution < 1.29 is 0 Å². The molecule has 0 amide bonds. The molecule has 1 aromatic heterocycles. The Morgan fingerprint density at radius 3 is 2.29 bits per heavy atom. The Morgan fingerprint density at radius 2 is 1.82 bits per heavy atom. The average Bonchev–Trinajstić information content (AvgIpc) is 3.06. The van der Waals surface area contributed by atoms with E-state index in [1.165, 1.54) is 12.8 Å². The van der Waals surface area contributed by atoms with Crippen molar-refractivity contribution in [3.05, 3.63) is 11.9 Å². The SMILES string of the molecule is Cc1cn(C2CC2)c(NC2C(C)(C)C2(C)C)n1. The van der Waals surface area contributed by atoms with E-state index in [4.69, 9.17) is 0 Å². The first-order valence-corrected chi connectivity index (χ1v) is 6.66. The molecule has 0 bridgehead atoms. The number of imidazole rings is 1. The molecule has 0 atom stereocenters. The summed E-state index contributed by atoms with van der Waals surface area (Å²) in [5.41, 5.74) is 1.85. The number of rotatable bonds is 3. The minimum absolute atomic E-state index is 0.362. The molecule has 0 aromatic carbocycles. The summed E-state index contributed by atoms with van der Waals surface area (Å²) in [7, 11) is 0. The molecule has 1 heterocycles. The Labute approximate surface area is 104 Å². The molecule has 2 fully saturated rings. The fourth-order valence-electron chi connectivity index (χ4n) is 2.94. The molecule has 2 aliphatic rings. The standard InChI is InChI=1S/C14H23N3/c1-9-8-17(10-6-7-10)12(15-9)16-11-13(2,3)14(11,4)5/h8,10-11H,6-7H2,1-5H3,(H,15,16). The number of hydrogen-bond donors (Lipinski definition) is 1. The van der Waals surface area contributed by atoms with Crippen molar-refractivity contribution in [1.29, 1.82) is 0 Å². The van der Waals surface area contributed by atoms with Crippen LogP contribution in [0.25, 0.3) is 0 Å². The third kappa shape index (κ3) is 1.51. The van der Waals surface area contributed by atoms with Crippen LogP contribution in [0.1, 0.15) is 52.3 Å². The molecule has 2 saturated carbocycles. The largest absolute Gasteiger partial charge is 0.352 e. The minimum Gasteiger partial charge on any atom is -0.352 e. The van der Waals surface area contributed by atoms with Gasteiger partial charge in [0.2, 0.25) is 5.95 Å². The number of aromatic nitrogens is 2. The first-order valence-electron chi connectivity index (χ1n) is 6.66. The molecule has 1 aromatic rings. The van der Waals surface area contributed by atoms with E-state index in [2.05, 4.69) is 55.7 Å². The van der Waals surface area contributed by atoms with E-state index in [-0.39, 0.29) is 0 Å². The van der Waals surface area contributed by atoms with Gasteiger partial charge in [0.25, 0.3) is 0 Å². The van der Waals surface area contributed by atoms with E-state index in [1.54, 1.807) is 0 Å². The zero-order chi connectivity index (χ0) is 12.4. The van der Waals surface area contributed by atoms with Crippen LogP contribution in [0.4, 0.5) is 5.95 Å². The van der Waals surface area contributed by atoms with Gasteiger partial charge in [-0.05, 0) is 30.6 Å². The third-order valence-electron chi connectivity index (χ3n) is 5.09. The smallest absolute Gasteiger partial charge is 0.203 e. The quantitative estimate of drug-likeness (QED) is 0.867. The van der Waals surface area contributed by atoms with Gasteiger partial charge in [0.05, 0.1) is 5.69 Å². The zero-order valence-corrected chi connectivity index (χ0v) is 11.5. The minimum atomic E-state index is 0.362. The van der Waals surface area contributed by atoms with Crippen molar-refractivity contribution >= 4 is 5.95 Å². The Morgan fingerprint density at radius 1 is 1.24 bits per heavy atom. The second-order valence-corrected chi connectivity index (χ2v) is 6.87. The van der Waals surface area contributed by atoms with Crippen molar-refractivity contribution in [2.45, 2.75) is 59.5 Å². The van der Waals surface area contributed by atoms with Gasteiger partial charge in [0.15, 0.2) is 0 Å². The highest BCUT2D eigenvalue weighted by Gasteiger charge is 2.65. The van der Waals surface area contributed by atoms with Crippen LogP contribution < -0.4 is 5.32 Å². The van der Waals surface area contributed by atoms with Gasteiger partial charge < -0.3 is 9.88 Å². The molecule has 3 rings (SSSR count). The lowest BCUT2D eigenvalue weighted by molar-refractivity contribution is 0.457. The lowest BCUT2D eigenvalue weighted by Gasteiger charge is -2.10. The van der Waals surface area contributed by atoms with Gasteiger partial charge in [0.1, 0.15) is 0 Å². The first kappa shape index (κ1) is 11.1. The van der Waals surface area contributed by atoms with Crippen LogP contribution in [0.15, 0.2) is 6.20 Å². The molecule has 3 nitrogen and oxygen atoms in total. The normalized spacial score (nSPS) is 25.9. The Bertz CT molecular complexity index is 438. The highest BCUT2D eigenvalue weighted by molar-refractivity contribution is 5.39. The average molecular weight is 233 g/mol. The van der Waals surface area contributed by atoms with Crippen LogP contribution in [-0.2, 0) is 0 Å². The highest BCUT2D eigenvalue weighted by atomic mass is 15.3. The lowest BCUT2D eigenvalue weighted by Crippen LogP contribution is -2.14. The Balaban J connectivity index is 1.82. The summed E-state index contributed by atoms with van der Waals surface area (Å²) in [6.45, 7) is 11.4. The van der Waals surface area contributed by atoms with Crippen LogP contribution in [0, 0.1) is 17.8 Å². The van der Waals surface area contributed by atoms with Crippen molar-refractivity contribution in [1.82, 2.24) is 9.55 Å². The van der Waals surface area contributed by atoms with E-state index in [1.807, 2.05) is 0 Å². The van der Waals surface area contributed by atoms with Crippen LogP contribution >= 0.6 is 0 Å². The van der Waals surface area contributed by atoms with Crippen LogP contribution in [0.3, 0.4) is 0 Å². The lowest BCUT2D eigenvalue weighted by atomic mass is 10.0. The Kier molecular flexibility index (Phi) is 2.00. The summed E-state index contributed by atoms with van der Waals surface area (Å²) >= 11 is 0. The van der Waals surface area contributed by atoms with Gasteiger partial charge in [0, 0.05) is 18.3 Å². The number of anilines is 1. The van der Waals surface area contributed by atoms with Crippen molar-refractivity contribution in [3.63, 3.8) is 0 Å². The fourth-order valence-corrected chi connectivity index (χ4v) is 2.94. The fraction of sp³-hybridized carbons (Fsp3) is 0.786. The maximum Gasteiger partial charge on any atom is 0.203 e. The third-order valence-corrected chi connectivity index (χ3v) is 5.09. The van der Waals surface area contributed by atoms with E-state index >= 15 is 0 Å². The molecule has 94 valence electrons. The molecule has 3 heteroatoms. The van der Waals surface area contributed by atoms with E-state index in [9.17, 15) is 0 Å². The van der Waals surface area contributed by atoms with Gasteiger partial charge in [-0.2, -0.15) is 0 Å². The molecule has 2 aliphatic carbocycles. The molecular formula is C14H23N3. The van der Waals surface area contributed by atoms with Gasteiger partial charge in [-0.3, -0.25) is 0 Å². The van der Waals surface area contributed by atoms with E-state index in [0.29, 0.717) is 22.9 Å². The summed E-state index contributed by atoms with van der Waals surface area (Å²) in [6, 6.07) is 1.23. The second kappa shape index (κ2) is 3.06. The molecule has 17 heavy (non-hydrogen) atoms. The maximum atomic E-state index is 4.64. The van der Waals surface area contributed by atoms with Crippen LogP contribution in [-0.4, -0.2) is 15.6 Å². The molecule has 0 unspecified atom stereocenters. The Hall–Kier alpha value is -0.990. The number of nitrogens with zero attached hydrogens (tertiary/aromatic N) is 2. The van der Waals surface area contributed by atoms with E-state index < -0.39 is 0 Å². The van der Waals surface area contributed by atoms with Crippen LogP contribution in [0.5, 0.6) is 0 Å². The van der Waals surface area contributed by atoms with Gasteiger partial charge in [-0.1, -0.05) is 27.7 Å². The highest BCUT2D eigenvalue weighted by Crippen LogP contribution is 2.63. The molecule has 0 radical (unpaired) electrons. The predicted octanol–water partition coefficient (Wildman–Crippen LogP) is 3.37. The number of hydrogen-bond acceptors (Lipinski definition) is 2. The predicted molar refractivity (Wildman–Crippen MR) is 70.2 cm³/mol. The molecular weight excluding hydrogens is 210 g/mol. The topological polar surface area (TPSA) is 29.9 Å². The molecule has 0 aliphatic heterocycles. The van der Waals surface area contributed by atoms with Crippen LogP contribution in [0.2, 0.25) is 0 Å².